The number of nitrogens with one attached hydrogen (secondary N) is 2. The number of carbonyl (C=O) groups excluding carboxylic acids is 1. The second-order valence-electron chi connectivity index (χ2n) is 8.64. The molecular weight excluding hydrogens is 436 g/mol. The zero-order chi connectivity index (χ0) is 25.1. The lowest BCUT2D eigenvalue weighted by Gasteiger charge is -2.26. The van der Waals surface area contributed by atoms with Crippen molar-refractivity contribution in [1.29, 1.82) is 0 Å². The van der Waals surface area contributed by atoms with E-state index in [0.29, 0.717) is 31.4 Å². The van der Waals surface area contributed by atoms with Gasteiger partial charge < -0.3 is 31.1 Å². The monoisotopic (exact) mass is 472 g/mol. The predicted octanol–water partition coefficient (Wildman–Crippen LogP) is 2.91. The van der Waals surface area contributed by atoms with Gasteiger partial charge in [0.1, 0.15) is 11.5 Å². The van der Waals surface area contributed by atoms with E-state index in [4.69, 9.17) is 0 Å². The zero-order valence-corrected chi connectivity index (χ0v) is 19.8. The highest BCUT2D eigenvalue weighted by atomic mass is 16.4. The number of carboxylic acids is 1. The fourth-order valence-electron chi connectivity index (χ4n) is 3.93. The van der Waals surface area contributed by atoms with Gasteiger partial charge >= 0.3 is 5.97 Å². The van der Waals surface area contributed by atoms with Crippen molar-refractivity contribution in [1.82, 2.24) is 10.6 Å². The summed E-state index contributed by atoms with van der Waals surface area (Å²) >= 11 is 0. The second kappa shape index (κ2) is 13.6. The molecule has 0 bridgehead atoms. The number of benzene rings is 2. The smallest absolute Gasteiger partial charge is 0.305 e. The summed E-state index contributed by atoms with van der Waals surface area (Å²) in [6.45, 7) is 4.12. The third kappa shape index (κ3) is 8.68. The van der Waals surface area contributed by atoms with Gasteiger partial charge in [-0.1, -0.05) is 43.3 Å². The van der Waals surface area contributed by atoms with Crippen LogP contribution in [0.2, 0.25) is 0 Å². The van der Waals surface area contributed by atoms with E-state index in [-0.39, 0.29) is 23.8 Å². The average Bonchev–Trinajstić information content (AvgIpc) is 2.80. The molecule has 2 aromatic carbocycles. The Balaban J connectivity index is 1.88. The Bertz CT molecular complexity index is 921. The number of aliphatic hydroxyl groups is 1. The minimum Gasteiger partial charge on any atom is -0.508 e. The van der Waals surface area contributed by atoms with Crippen molar-refractivity contribution in [3.05, 3.63) is 59.7 Å². The van der Waals surface area contributed by atoms with Crippen molar-refractivity contribution in [3.63, 3.8) is 0 Å². The summed E-state index contributed by atoms with van der Waals surface area (Å²) < 4.78 is 0. The molecule has 8 nitrogen and oxygen atoms in total. The molecule has 0 saturated heterocycles. The van der Waals surface area contributed by atoms with Gasteiger partial charge in [-0.05, 0) is 62.3 Å². The normalized spacial score (nSPS) is 14.7. The van der Waals surface area contributed by atoms with Crippen LogP contribution in [0.15, 0.2) is 48.5 Å². The highest BCUT2D eigenvalue weighted by molar-refractivity contribution is 5.86. The topological polar surface area (TPSA) is 139 Å². The maximum atomic E-state index is 12.8. The van der Waals surface area contributed by atoms with E-state index in [0.717, 1.165) is 12.0 Å². The first-order valence-corrected chi connectivity index (χ1v) is 11.7. The number of aliphatic hydroxyl groups excluding tert-OH is 1. The molecule has 186 valence electrons. The van der Waals surface area contributed by atoms with E-state index in [1.165, 1.54) is 12.1 Å². The maximum absolute atomic E-state index is 12.8. The molecule has 2 aromatic rings. The lowest BCUT2D eigenvalue weighted by Crippen LogP contribution is -2.51. The fraction of sp³-hybridized carbons (Fsp3) is 0.462. The van der Waals surface area contributed by atoms with Crippen LogP contribution in [-0.2, 0) is 16.0 Å². The van der Waals surface area contributed by atoms with E-state index < -0.39 is 30.1 Å². The van der Waals surface area contributed by atoms with E-state index in [1.54, 1.807) is 13.0 Å². The molecule has 0 radical (unpaired) electrons. The second-order valence-corrected chi connectivity index (χ2v) is 8.64. The molecule has 4 unspecified atom stereocenters. The van der Waals surface area contributed by atoms with Crippen LogP contribution in [0.4, 0.5) is 0 Å². The number of rotatable bonds is 14. The van der Waals surface area contributed by atoms with E-state index in [1.807, 2.05) is 30.3 Å². The highest BCUT2D eigenvalue weighted by Crippen LogP contribution is 2.26. The Hall–Kier alpha value is -3.10. The zero-order valence-electron chi connectivity index (χ0n) is 19.8. The van der Waals surface area contributed by atoms with E-state index in [9.17, 15) is 30.0 Å². The fourth-order valence-corrected chi connectivity index (χ4v) is 3.93. The summed E-state index contributed by atoms with van der Waals surface area (Å²) in [5.41, 5.74) is 1.78. The van der Waals surface area contributed by atoms with Crippen LogP contribution in [-0.4, -0.2) is 57.0 Å². The Morgan fingerprint density at radius 1 is 1.06 bits per heavy atom. The minimum absolute atomic E-state index is 0.0106. The van der Waals surface area contributed by atoms with Crippen LogP contribution >= 0.6 is 0 Å². The molecule has 0 fully saturated rings. The number of amides is 1. The van der Waals surface area contributed by atoms with Gasteiger partial charge in [0.05, 0.1) is 24.6 Å². The lowest BCUT2D eigenvalue weighted by atomic mass is 9.89. The van der Waals surface area contributed by atoms with Gasteiger partial charge in [-0.15, -0.1) is 0 Å². The SMILES string of the molecule is CCC(CC(O)C(C)NC(=O)C(CC(=O)O)NCCCc1ccc(O)cc1O)c1ccccc1. The highest BCUT2D eigenvalue weighted by Gasteiger charge is 2.26. The first-order valence-electron chi connectivity index (χ1n) is 11.7. The first-order chi connectivity index (χ1) is 16.2. The molecule has 0 saturated carbocycles. The number of phenolic OH excluding ortho intramolecular Hbond substituents is 2. The number of aryl methyl sites for hydroxylation is 1. The van der Waals surface area contributed by atoms with E-state index in [2.05, 4.69) is 17.6 Å². The molecule has 0 aromatic heterocycles. The standard InChI is InChI=1S/C26H36N2O6/c1-3-18(19-8-5-4-6-9-19)14-23(30)17(2)28-26(34)22(16-25(32)33)27-13-7-10-20-11-12-21(29)15-24(20)31/h4-6,8-9,11-12,15,17-18,22-23,27,29-31H,3,7,10,13-14,16H2,1-2H3,(H,28,34)(H,32,33). The molecule has 34 heavy (non-hydrogen) atoms. The van der Waals surface area contributed by atoms with Crippen molar-refractivity contribution in [3.8, 4) is 11.5 Å². The molecule has 1 amide bonds. The van der Waals surface area contributed by atoms with Crippen LogP contribution in [0, 0.1) is 0 Å². The van der Waals surface area contributed by atoms with Crippen molar-refractivity contribution in [2.75, 3.05) is 6.54 Å². The third-order valence-corrected chi connectivity index (χ3v) is 6.01. The number of aromatic hydroxyl groups is 2. The molecule has 0 aliphatic carbocycles. The van der Waals surface area contributed by atoms with Crippen molar-refractivity contribution < 1.29 is 30.0 Å². The Labute approximate surface area is 200 Å². The Morgan fingerprint density at radius 2 is 1.76 bits per heavy atom. The summed E-state index contributed by atoms with van der Waals surface area (Å²) in [6.07, 6.45) is 1.21. The number of aliphatic carboxylic acids is 1. The quantitative estimate of drug-likeness (QED) is 0.232. The average molecular weight is 473 g/mol. The Morgan fingerprint density at radius 3 is 2.38 bits per heavy atom. The summed E-state index contributed by atoms with van der Waals surface area (Å²) in [4.78, 5) is 24.0. The van der Waals surface area contributed by atoms with E-state index >= 15 is 0 Å². The largest absolute Gasteiger partial charge is 0.508 e. The number of carboxylic acid groups (broad SMARTS) is 1. The number of hydrogen-bond donors (Lipinski definition) is 6. The number of phenols is 2. The summed E-state index contributed by atoms with van der Waals surface area (Å²) in [6, 6.07) is 12.8. The predicted molar refractivity (Wildman–Crippen MR) is 130 cm³/mol. The van der Waals surface area contributed by atoms with Gasteiger partial charge in [0, 0.05) is 6.07 Å². The first kappa shape index (κ1) is 27.1. The van der Waals surface area contributed by atoms with Crippen LogP contribution < -0.4 is 10.6 Å². The van der Waals surface area contributed by atoms with Crippen molar-refractivity contribution in [2.24, 2.45) is 0 Å². The summed E-state index contributed by atoms with van der Waals surface area (Å²) in [5, 5.41) is 44.9. The van der Waals surface area contributed by atoms with Crippen LogP contribution in [0.25, 0.3) is 0 Å². The van der Waals surface area contributed by atoms with Gasteiger partial charge in [-0.2, -0.15) is 0 Å². The summed E-state index contributed by atoms with van der Waals surface area (Å²) in [7, 11) is 0. The van der Waals surface area contributed by atoms with Gasteiger partial charge in [0.25, 0.3) is 0 Å². The molecule has 2 rings (SSSR count). The molecule has 0 heterocycles. The van der Waals surface area contributed by atoms with Gasteiger partial charge in [-0.25, -0.2) is 0 Å². The molecule has 0 aliphatic heterocycles. The lowest BCUT2D eigenvalue weighted by molar-refractivity contribution is -0.140. The number of carbonyl (C=O) groups is 2. The molecule has 6 N–H and O–H groups in total. The van der Waals surface area contributed by atoms with Gasteiger partial charge in [-0.3, -0.25) is 9.59 Å². The maximum Gasteiger partial charge on any atom is 0.305 e. The van der Waals surface area contributed by atoms with Crippen LogP contribution in [0.5, 0.6) is 11.5 Å². The van der Waals surface area contributed by atoms with Gasteiger partial charge in [0.2, 0.25) is 5.91 Å². The molecular formula is C26H36N2O6. The minimum atomic E-state index is -1.10. The molecule has 4 atom stereocenters. The van der Waals surface area contributed by atoms with Gasteiger partial charge in [0.15, 0.2) is 0 Å². The molecule has 0 aliphatic rings. The molecule has 0 spiro atoms. The Kier molecular flexibility index (Phi) is 10.8. The van der Waals surface area contributed by atoms with Crippen LogP contribution in [0.3, 0.4) is 0 Å². The van der Waals surface area contributed by atoms with Crippen molar-refractivity contribution >= 4 is 11.9 Å². The number of hydrogen-bond acceptors (Lipinski definition) is 6. The van der Waals surface area contributed by atoms with Crippen molar-refractivity contribution in [2.45, 2.75) is 70.1 Å². The molecule has 8 heteroatoms. The third-order valence-electron chi connectivity index (χ3n) is 6.01. The summed E-state index contributed by atoms with van der Waals surface area (Å²) in [5.74, 6) is -1.47. The van der Waals surface area contributed by atoms with Crippen LogP contribution in [0.1, 0.15) is 56.6 Å².